The first-order valence-electron chi connectivity index (χ1n) is 8.48. The molecule has 0 saturated carbocycles. The van der Waals surface area contributed by atoms with E-state index in [1.54, 1.807) is 13.0 Å². The van der Waals surface area contributed by atoms with Gasteiger partial charge in [0.2, 0.25) is 0 Å². The number of benzene rings is 2. The topological polar surface area (TPSA) is 42.2 Å². The van der Waals surface area contributed by atoms with Gasteiger partial charge >= 0.3 is 6.18 Å². The average molecular weight is 421 g/mol. The second kappa shape index (κ2) is 7.04. The van der Waals surface area contributed by atoms with Gasteiger partial charge in [-0.1, -0.05) is 23.7 Å². The molecule has 9 heteroatoms. The van der Waals surface area contributed by atoms with Gasteiger partial charge in [0.05, 0.1) is 5.56 Å². The fourth-order valence-corrected chi connectivity index (χ4v) is 3.12. The Bertz CT molecular complexity index is 1180. The second-order valence-electron chi connectivity index (χ2n) is 6.38. The van der Waals surface area contributed by atoms with Crippen molar-refractivity contribution in [2.45, 2.75) is 13.1 Å². The summed E-state index contributed by atoms with van der Waals surface area (Å²) in [6, 6.07) is 13.0. The number of nitrogens with zero attached hydrogens (tertiary/aromatic N) is 3. The van der Waals surface area contributed by atoms with E-state index in [1.807, 2.05) is 0 Å². The van der Waals surface area contributed by atoms with Crippen LogP contribution in [0.4, 0.5) is 29.1 Å². The first-order valence-corrected chi connectivity index (χ1v) is 8.86. The van der Waals surface area contributed by atoms with Crippen molar-refractivity contribution < 1.29 is 17.6 Å². The lowest BCUT2D eigenvalue weighted by Gasteiger charge is -2.10. The quantitative estimate of drug-likeness (QED) is 0.398. The minimum absolute atomic E-state index is 0.0456. The molecule has 2 heterocycles. The van der Waals surface area contributed by atoms with Crippen LogP contribution < -0.4 is 5.32 Å². The van der Waals surface area contributed by atoms with E-state index >= 15 is 0 Å². The van der Waals surface area contributed by atoms with E-state index in [0.717, 1.165) is 4.52 Å². The molecule has 0 spiro atoms. The maximum absolute atomic E-state index is 13.8. The first kappa shape index (κ1) is 19.2. The molecule has 0 aliphatic rings. The molecule has 2 aromatic heterocycles. The third kappa shape index (κ3) is 3.75. The minimum Gasteiger partial charge on any atom is -0.340 e. The van der Waals surface area contributed by atoms with Crippen molar-refractivity contribution in [2.75, 3.05) is 5.32 Å². The summed E-state index contributed by atoms with van der Waals surface area (Å²) < 4.78 is 55.5. The van der Waals surface area contributed by atoms with Crippen molar-refractivity contribution in [1.29, 1.82) is 0 Å². The monoisotopic (exact) mass is 420 g/mol. The van der Waals surface area contributed by atoms with Crippen molar-refractivity contribution >= 4 is 28.8 Å². The van der Waals surface area contributed by atoms with Crippen LogP contribution in [0.25, 0.3) is 16.8 Å². The predicted molar refractivity (Wildman–Crippen MR) is 103 cm³/mol. The zero-order chi connectivity index (χ0) is 20.8. The molecular weight excluding hydrogens is 408 g/mol. The van der Waals surface area contributed by atoms with E-state index in [1.165, 1.54) is 48.5 Å². The predicted octanol–water partition coefficient (Wildman–Crippen LogP) is 6.26. The third-order valence-corrected chi connectivity index (χ3v) is 4.49. The zero-order valence-electron chi connectivity index (χ0n) is 14.9. The van der Waals surface area contributed by atoms with Crippen LogP contribution >= 0.6 is 11.6 Å². The molecule has 4 aromatic rings. The lowest BCUT2D eigenvalue weighted by Crippen LogP contribution is -2.08. The van der Waals surface area contributed by atoms with Crippen molar-refractivity contribution in [2.24, 2.45) is 0 Å². The Morgan fingerprint density at radius 2 is 1.66 bits per heavy atom. The standard InChI is InChI=1S/C20H13ClF4N4/c1-11-10-16(27-15-8-6-14(22)7-9-15)29-19(26-11)17(18(28-29)20(23,24)25)12-2-4-13(21)5-3-12/h2-10,27H,1H3. The Kier molecular flexibility index (Phi) is 4.66. The molecular formula is C20H13ClF4N4. The summed E-state index contributed by atoms with van der Waals surface area (Å²) >= 11 is 5.88. The summed E-state index contributed by atoms with van der Waals surface area (Å²) in [5.74, 6) is -0.153. The molecule has 4 rings (SSSR count). The molecule has 0 aliphatic carbocycles. The highest BCUT2D eigenvalue weighted by atomic mass is 35.5. The largest absolute Gasteiger partial charge is 0.435 e. The molecule has 2 aromatic carbocycles. The Labute approximate surface area is 167 Å². The summed E-state index contributed by atoms with van der Waals surface area (Å²) in [5.41, 5.74) is 0.133. The summed E-state index contributed by atoms with van der Waals surface area (Å²) in [5, 5.41) is 7.17. The molecule has 0 amide bonds. The van der Waals surface area contributed by atoms with Crippen molar-refractivity contribution in [3.05, 3.63) is 76.8 Å². The van der Waals surface area contributed by atoms with E-state index in [4.69, 9.17) is 11.6 Å². The highest BCUT2D eigenvalue weighted by molar-refractivity contribution is 6.30. The van der Waals surface area contributed by atoms with Gasteiger partial charge in [-0.3, -0.25) is 0 Å². The van der Waals surface area contributed by atoms with Crippen molar-refractivity contribution in [3.8, 4) is 11.1 Å². The third-order valence-electron chi connectivity index (χ3n) is 4.24. The van der Waals surface area contributed by atoms with Gasteiger partial charge in [-0.2, -0.15) is 22.8 Å². The number of alkyl halides is 3. The van der Waals surface area contributed by atoms with E-state index in [2.05, 4.69) is 15.4 Å². The van der Waals surface area contributed by atoms with Gasteiger partial charge in [-0.25, -0.2) is 9.37 Å². The lowest BCUT2D eigenvalue weighted by atomic mass is 10.1. The van der Waals surface area contributed by atoms with Crippen LogP contribution in [0.3, 0.4) is 0 Å². The van der Waals surface area contributed by atoms with Crippen LogP contribution in [0.5, 0.6) is 0 Å². The summed E-state index contributed by atoms with van der Waals surface area (Å²) in [4.78, 5) is 4.29. The SMILES string of the molecule is Cc1cc(Nc2ccc(F)cc2)n2nc(C(F)(F)F)c(-c3ccc(Cl)cc3)c2n1. The number of hydrogen-bond acceptors (Lipinski definition) is 3. The highest BCUT2D eigenvalue weighted by Gasteiger charge is 2.39. The van der Waals surface area contributed by atoms with Crippen LogP contribution in [0, 0.1) is 12.7 Å². The number of aryl methyl sites for hydroxylation is 1. The Morgan fingerprint density at radius 1 is 1.00 bits per heavy atom. The molecule has 29 heavy (non-hydrogen) atoms. The number of aromatic nitrogens is 3. The highest BCUT2D eigenvalue weighted by Crippen LogP contribution is 2.39. The first-order chi connectivity index (χ1) is 13.7. The molecule has 0 aliphatic heterocycles. The average Bonchev–Trinajstić information content (AvgIpc) is 3.04. The van der Waals surface area contributed by atoms with E-state index < -0.39 is 17.7 Å². The molecule has 148 valence electrons. The maximum atomic E-state index is 13.8. The normalized spacial score (nSPS) is 11.8. The Morgan fingerprint density at radius 3 is 2.28 bits per heavy atom. The number of nitrogens with one attached hydrogen (secondary N) is 1. The molecule has 4 nitrogen and oxygen atoms in total. The smallest absolute Gasteiger partial charge is 0.340 e. The van der Waals surface area contributed by atoms with Gasteiger partial charge in [-0.05, 0) is 48.9 Å². The molecule has 0 bridgehead atoms. The van der Waals surface area contributed by atoms with Crippen LogP contribution in [0.1, 0.15) is 11.4 Å². The number of hydrogen-bond donors (Lipinski definition) is 1. The van der Waals surface area contributed by atoms with Crippen molar-refractivity contribution in [1.82, 2.24) is 14.6 Å². The van der Waals surface area contributed by atoms with Crippen LogP contribution in [0.15, 0.2) is 54.6 Å². The zero-order valence-corrected chi connectivity index (χ0v) is 15.7. The van der Waals surface area contributed by atoms with Crippen LogP contribution in [-0.2, 0) is 6.18 Å². The molecule has 0 radical (unpaired) electrons. The summed E-state index contributed by atoms with van der Waals surface area (Å²) in [6.45, 7) is 1.67. The minimum atomic E-state index is -4.69. The van der Waals surface area contributed by atoms with E-state index in [-0.39, 0.29) is 17.0 Å². The number of halogens is 5. The second-order valence-corrected chi connectivity index (χ2v) is 6.81. The molecule has 0 atom stereocenters. The Hall–Kier alpha value is -3.13. The van der Waals surface area contributed by atoms with Gasteiger partial charge in [0.1, 0.15) is 11.6 Å². The van der Waals surface area contributed by atoms with Gasteiger partial charge in [-0.15, -0.1) is 0 Å². The Balaban J connectivity index is 1.95. The molecule has 1 N–H and O–H groups in total. The number of fused-ring (bicyclic) bond motifs is 1. The van der Waals surface area contributed by atoms with Crippen molar-refractivity contribution in [3.63, 3.8) is 0 Å². The lowest BCUT2D eigenvalue weighted by molar-refractivity contribution is -0.140. The maximum Gasteiger partial charge on any atom is 0.435 e. The van der Waals surface area contributed by atoms with Crippen LogP contribution in [0.2, 0.25) is 5.02 Å². The van der Waals surface area contributed by atoms with E-state index in [0.29, 0.717) is 22.0 Å². The van der Waals surface area contributed by atoms with Gasteiger partial charge in [0.15, 0.2) is 11.3 Å². The van der Waals surface area contributed by atoms with Gasteiger partial charge in [0, 0.05) is 22.5 Å². The molecule has 0 saturated heterocycles. The van der Waals surface area contributed by atoms with Gasteiger partial charge in [0.25, 0.3) is 0 Å². The fourth-order valence-electron chi connectivity index (χ4n) is 2.99. The molecule has 0 unspecified atom stereocenters. The van der Waals surface area contributed by atoms with Gasteiger partial charge < -0.3 is 5.32 Å². The summed E-state index contributed by atoms with van der Waals surface area (Å²) in [7, 11) is 0. The molecule has 0 fully saturated rings. The van der Waals surface area contributed by atoms with E-state index in [9.17, 15) is 17.6 Å². The number of rotatable bonds is 3. The summed E-state index contributed by atoms with van der Waals surface area (Å²) in [6.07, 6.45) is -4.69. The fraction of sp³-hybridized carbons (Fsp3) is 0.100. The van der Waals surface area contributed by atoms with Crippen LogP contribution in [-0.4, -0.2) is 14.6 Å². The number of anilines is 2.